The Hall–Kier alpha value is -1.12. The molecule has 0 aromatic carbocycles. The standard InChI is InChI=1S/C7H10N2O/c1-5-4-9-3-2-6(5)7(8)10/h3-4,6H,2H2,1H3,(H2,8,10). The normalized spacial score (nSPS) is 24.1. The van der Waals surface area contributed by atoms with Gasteiger partial charge in [-0.05, 0) is 18.9 Å². The monoisotopic (exact) mass is 138 g/mol. The number of nitrogens with two attached hydrogens (primary N) is 1. The van der Waals surface area contributed by atoms with Gasteiger partial charge in [-0.25, -0.2) is 0 Å². The van der Waals surface area contributed by atoms with Gasteiger partial charge in [-0.2, -0.15) is 0 Å². The Morgan fingerprint density at radius 3 is 3.00 bits per heavy atom. The van der Waals surface area contributed by atoms with Crippen molar-refractivity contribution in [3.63, 3.8) is 0 Å². The van der Waals surface area contributed by atoms with Crippen LogP contribution in [0.25, 0.3) is 0 Å². The molecule has 0 aromatic heterocycles. The summed E-state index contributed by atoms with van der Waals surface area (Å²) in [6, 6.07) is 0. The molecule has 54 valence electrons. The van der Waals surface area contributed by atoms with E-state index in [2.05, 4.69) is 4.99 Å². The molecule has 0 aromatic rings. The van der Waals surface area contributed by atoms with Crippen molar-refractivity contribution in [2.24, 2.45) is 16.6 Å². The number of hydrogen-bond donors (Lipinski definition) is 1. The molecule has 1 heterocycles. The lowest BCUT2D eigenvalue weighted by Crippen LogP contribution is -2.25. The predicted octanol–water partition coefficient (Wildman–Crippen LogP) is 0.466. The molecule has 1 amide bonds. The van der Waals surface area contributed by atoms with E-state index >= 15 is 0 Å². The lowest BCUT2D eigenvalue weighted by Gasteiger charge is -2.12. The first-order valence-corrected chi connectivity index (χ1v) is 3.19. The molecule has 1 rings (SSSR count). The van der Waals surface area contributed by atoms with Crippen LogP contribution < -0.4 is 5.73 Å². The van der Waals surface area contributed by atoms with E-state index < -0.39 is 0 Å². The Kier molecular flexibility index (Phi) is 1.85. The van der Waals surface area contributed by atoms with E-state index in [1.807, 2.05) is 6.92 Å². The van der Waals surface area contributed by atoms with Crippen LogP contribution in [0.1, 0.15) is 13.3 Å². The summed E-state index contributed by atoms with van der Waals surface area (Å²) >= 11 is 0. The van der Waals surface area contributed by atoms with Gasteiger partial charge in [-0.1, -0.05) is 0 Å². The minimum absolute atomic E-state index is 0.127. The van der Waals surface area contributed by atoms with E-state index in [4.69, 9.17) is 5.73 Å². The largest absolute Gasteiger partial charge is 0.369 e. The highest BCUT2D eigenvalue weighted by molar-refractivity contribution is 5.83. The second-order valence-corrected chi connectivity index (χ2v) is 2.40. The molecular formula is C7H10N2O. The predicted molar refractivity (Wildman–Crippen MR) is 39.6 cm³/mol. The number of amides is 1. The molecule has 10 heavy (non-hydrogen) atoms. The molecule has 0 spiro atoms. The highest BCUT2D eigenvalue weighted by Crippen LogP contribution is 2.16. The minimum Gasteiger partial charge on any atom is -0.369 e. The Morgan fingerprint density at radius 2 is 2.60 bits per heavy atom. The van der Waals surface area contributed by atoms with E-state index in [0.29, 0.717) is 6.42 Å². The van der Waals surface area contributed by atoms with Crippen LogP contribution in [0.4, 0.5) is 0 Å². The summed E-state index contributed by atoms with van der Waals surface area (Å²) < 4.78 is 0. The van der Waals surface area contributed by atoms with Crippen molar-refractivity contribution in [1.82, 2.24) is 0 Å². The minimum atomic E-state index is -0.264. The van der Waals surface area contributed by atoms with Gasteiger partial charge in [0.05, 0.1) is 5.92 Å². The van der Waals surface area contributed by atoms with Crippen molar-refractivity contribution in [2.45, 2.75) is 13.3 Å². The fourth-order valence-electron chi connectivity index (χ4n) is 0.953. The van der Waals surface area contributed by atoms with Crippen LogP contribution in [0.5, 0.6) is 0 Å². The van der Waals surface area contributed by atoms with Crippen LogP contribution >= 0.6 is 0 Å². The van der Waals surface area contributed by atoms with Gasteiger partial charge in [0.25, 0.3) is 0 Å². The molecule has 0 saturated carbocycles. The summed E-state index contributed by atoms with van der Waals surface area (Å²) in [6.45, 7) is 1.87. The van der Waals surface area contributed by atoms with Crippen LogP contribution in [0.15, 0.2) is 16.8 Å². The molecule has 3 nitrogen and oxygen atoms in total. The molecule has 1 aliphatic rings. The number of nitrogens with zero attached hydrogens (tertiary/aromatic N) is 1. The van der Waals surface area contributed by atoms with Crippen molar-refractivity contribution in [3.05, 3.63) is 11.8 Å². The first-order valence-electron chi connectivity index (χ1n) is 3.19. The van der Waals surface area contributed by atoms with Gasteiger partial charge in [0, 0.05) is 12.4 Å². The summed E-state index contributed by atoms with van der Waals surface area (Å²) in [6.07, 6.45) is 4.04. The molecule has 0 bridgehead atoms. The van der Waals surface area contributed by atoms with Gasteiger partial charge >= 0.3 is 0 Å². The zero-order valence-corrected chi connectivity index (χ0v) is 5.87. The Bertz CT molecular complexity index is 206. The molecule has 2 N–H and O–H groups in total. The van der Waals surface area contributed by atoms with Crippen molar-refractivity contribution in [3.8, 4) is 0 Å². The maximum absolute atomic E-state index is 10.7. The summed E-state index contributed by atoms with van der Waals surface area (Å²) in [5, 5.41) is 0. The van der Waals surface area contributed by atoms with Crippen molar-refractivity contribution in [2.75, 3.05) is 0 Å². The van der Waals surface area contributed by atoms with Gasteiger partial charge in [0.2, 0.25) is 5.91 Å². The van der Waals surface area contributed by atoms with Crippen LogP contribution in [0.2, 0.25) is 0 Å². The van der Waals surface area contributed by atoms with Gasteiger partial charge in [-0.3, -0.25) is 9.79 Å². The third-order valence-electron chi connectivity index (χ3n) is 1.62. The Balaban J connectivity index is 2.73. The molecule has 0 fully saturated rings. The van der Waals surface area contributed by atoms with E-state index in [9.17, 15) is 4.79 Å². The Labute approximate surface area is 59.6 Å². The topological polar surface area (TPSA) is 55.4 Å². The first-order chi connectivity index (χ1) is 4.72. The average molecular weight is 138 g/mol. The number of carbonyl (C=O) groups excluding carboxylic acids is 1. The highest BCUT2D eigenvalue weighted by atomic mass is 16.1. The lowest BCUT2D eigenvalue weighted by molar-refractivity contribution is -0.120. The SMILES string of the molecule is CC1=CN=CCC1C(N)=O. The summed E-state index contributed by atoms with van der Waals surface area (Å²) in [4.78, 5) is 14.6. The van der Waals surface area contributed by atoms with E-state index in [-0.39, 0.29) is 11.8 Å². The summed E-state index contributed by atoms with van der Waals surface area (Å²) in [5.74, 6) is -0.391. The molecule has 0 radical (unpaired) electrons. The maximum Gasteiger partial charge on any atom is 0.225 e. The van der Waals surface area contributed by atoms with Gasteiger partial charge in [-0.15, -0.1) is 0 Å². The second kappa shape index (κ2) is 2.64. The van der Waals surface area contributed by atoms with E-state index in [1.54, 1.807) is 12.4 Å². The maximum atomic E-state index is 10.7. The molecule has 0 aliphatic carbocycles. The molecule has 1 unspecified atom stereocenters. The molecule has 1 aliphatic heterocycles. The second-order valence-electron chi connectivity index (χ2n) is 2.40. The average Bonchev–Trinajstić information content (AvgIpc) is 1.88. The summed E-state index contributed by atoms with van der Waals surface area (Å²) in [5.41, 5.74) is 6.07. The molecule has 0 saturated heterocycles. The highest BCUT2D eigenvalue weighted by Gasteiger charge is 2.17. The van der Waals surface area contributed by atoms with E-state index in [1.165, 1.54) is 0 Å². The zero-order chi connectivity index (χ0) is 7.56. The number of aliphatic imine (C=N–C) groups is 1. The van der Waals surface area contributed by atoms with Gasteiger partial charge in [0.1, 0.15) is 0 Å². The molecular weight excluding hydrogens is 128 g/mol. The van der Waals surface area contributed by atoms with Crippen LogP contribution in [-0.4, -0.2) is 12.1 Å². The number of primary amides is 1. The quantitative estimate of drug-likeness (QED) is 0.562. The smallest absolute Gasteiger partial charge is 0.225 e. The van der Waals surface area contributed by atoms with Crippen molar-refractivity contribution in [1.29, 1.82) is 0 Å². The third kappa shape index (κ3) is 1.23. The zero-order valence-electron chi connectivity index (χ0n) is 5.87. The number of rotatable bonds is 1. The number of hydrogen-bond acceptors (Lipinski definition) is 2. The number of carbonyl (C=O) groups is 1. The van der Waals surface area contributed by atoms with E-state index in [0.717, 1.165) is 5.57 Å². The first kappa shape index (κ1) is 6.99. The van der Waals surface area contributed by atoms with Crippen LogP contribution in [0.3, 0.4) is 0 Å². The lowest BCUT2D eigenvalue weighted by atomic mass is 9.96. The fraction of sp³-hybridized carbons (Fsp3) is 0.429. The van der Waals surface area contributed by atoms with Crippen molar-refractivity contribution < 1.29 is 4.79 Å². The van der Waals surface area contributed by atoms with Crippen LogP contribution in [-0.2, 0) is 4.79 Å². The van der Waals surface area contributed by atoms with Gasteiger partial charge < -0.3 is 5.73 Å². The molecule has 1 atom stereocenters. The van der Waals surface area contributed by atoms with Crippen molar-refractivity contribution >= 4 is 12.1 Å². The third-order valence-corrected chi connectivity index (χ3v) is 1.62. The Morgan fingerprint density at radius 1 is 1.90 bits per heavy atom. The fourth-order valence-corrected chi connectivity index (χ4v) is 0.953. The molecule has 3 heteroatoms. The van der Waals surface area contributed by atoms with Gasteiger partial charge in [0.15, 0.2) is 0 Å². The van der Waals surface area contributed by atoms with Crippen LogP contribution in [0, 0.1) is 5.92 Å². The summed E-state index contributed by atoms with van der Waals surface area (Å²) in [7, 11) is 0.